The van der Waals surface area contributed by atoms with Crippen molar-refractivity contribution in [3.05, 3.63) is 215 Å². The Kier molecular flexibility index (Phi) is 43.0. The van der Waals surface area contributed by atoms with Crippen LogP contribution in [0.3, 0.4) is 0 Å². The second-order valence-electron chi connectivity index (χ2n) is 32.0. The molecule has 0 aliphatic carbocycles. The lowest BCUT2D eigenvalue weighted by atomic mass is 9.71. The molecule has 6 rings (SSSR count). The minimum atomic E-state index is -0.711. The van der Waals surface area contributed by atoms with E-state index in [1.54, 1.807) is 0 Å². The molecule has 0 saturated carbocycles. The van der Waals surface area contributed by atoms with E-state index in [1.807, 2.05) is 0 Å². The molecule has 2 heteroatoms. The molecule has 0 saturated heterocycles. The summed E-state index contributed by atoms with van der Waals surface area (Å²) < 4.78 is 0. The lowest BCUT2D eigenvalue weighted by Crippen LogP contribution is -2.46. The minimum Gasteiger partial charge on any atom is -0.229 e. The van der Waals surface area contributed by atoms with Gasteiger partial charge in [0.1, 0.15) is 11.2 Å². The van der Waals surface area contributed by atoms with E-state index >= 15 is 0 Å². The molecular weight excluding hydrogens is 1170 g/mol. The minimum absolute atomic E-state index is 0.306. The lowest BCUT2D eigenvalue weighted by Gasteiger charge is -2.44. The lowest BCUT2D eigenvalue weighted by molar-refractivity contribution is -0.420. The van der Waals surface area contributed by atoms with Crippen molar-refractivity contribution in [3.8, 4) is 0 Å². The van der Waals surface area contributed by atoms with Crippen molar-refractivity contribution < 1.29 is 9.78 Å². The van der Waals surface area contributed by atoms with Gasteiger partial charge in [-0.3, -0.25) is 0 Å². The van der Waals surface area contributed by atoms with E-state index in [-0.39, 0.29) is 0 Å². The van der Waals surface area contributed by atoms with Crippen LogP contribution in [0.1, 0.15) is 362 Å². The van der Waals surface area contributed by atoms with Gasteiger partial charge in [-0.25, -0.2) is 9.78 Å². The third-order valence-corrected chi connectivity index (χ3v) is 21.7. The summed E-state index contributed by atoms with van der Waals surface area (Å²) in [7, 11) is 0. The Hall–Kier alpha value is -4.76. The van der Waals surface area contributed by atoms with E-state index in [2.05, 4.69) is 224 Å². The van der Waals surface area contributed by atoms with Crippen LogP contribution in [0.25, 0.3) is 0 Å². The van der Waals surface area contributed by atoms with E-state index in [0.29, 0.717) is 17.8 Å². The highest BCUT2D eigenvalue weighted by molar-refractivity contribution is 5.28. The normalized spacial score (nSPS) is 13.6. The summed E-state index contributed by atoms with van der Waals surface area (Å²) in [6, 6.07) is 68.8. The molecule has 0 bridgehead atoms. The predicted molar refractivity (Wildman–Crippen MR) is 424 cm³/mol. The van der Waals surface area contributed by atoms with Gasteiger partial charge in [0.15, 0.2) is 0 Å². The molecule has 97 heavy (non-hydrogen) atoms. The van der Waals surface area contributed by atoms with Crippen LogP contribution in [-0.2, 0) is 29.0 Å². The van der Waals surface area contributed by atoms with Crippen LogP contribution < -0.4 is 0 Å². The first-order valence-electron chi connectivity index (χ1n) is 41.2. The van der Waals surface area contributed by atoms with Crippen LogP contribution in [0.4, 0.5) is 0 Å². The second-order valence-corrected chi connectivity index (χ2v) is 32.0. The molecule has 0 spiro atoms. The van der Waals surface area contributed by atoms with E-state index in [1.165, 1.54) is 265 Å². The fourth-order valence-corrected chi connectivity index (χ4v) is 16.0. The first kappa shape index (κ1) is 81.2. The summed E-state index contributed by atoms with van der Waals surface area (Å²) >= 11 is 0. The van der Waals surface area contributed by atoms with Crippen molar-refractivity contribution in [2.45, 2.75) is 359 Å². The highest BCUT2D eigenvalue weighted by Gasteiger charge is 2.44. The first-order valence-corrected chi connectivity index (χ1v) is 41.2. The van der Waals surface area contributed by atoms with Crippen molar-refractivity contribution in [1.82, 2.24) is 0 Å². The highest BCUT2D eigenvalue weighted by Crippen LogP contribution is 2.48. The van der Waals surface area contributed by atoms with Crippen molar-refractivity contribution in [2.75, 3.05) is 0 Å². The summed E-state index contributed by atoms with van der Waals surface area (Å²) in [5.74, 6) is 3.41. The topological polar surface area (TPSA) is 18.5 Å². The predicted octanol–water partition coefficient (Wildman–Crippen LogP) is 29.8. The molecule has 0 aliphatic heterocycles. The Morgan fingerprint density at radius 3 is 0.588 bits per heavy atom. The number of hydrogen-bond donors (Lipinski definition) is 0. The quantitative estimate of drug-likeness (QED) is 0.0215. The Labute approximate surface area is 598 Å². The molecule has 6 aromatic rings. The zero-order chi connectivity index (χ0) is 68.4. The third-order valence-electron chi connectivity index (χ3n) is 21.7. The summed E-state index contributed by atoms with van der Waals surface area (Å²) in [6.45, 7) is 14.2. The number of hydrogen-bond acceptors (Lipinski definition) is 2. The van der Waals surface area contributed by atoms with Crippen molar-refractivity contribution in [2.24, 2.45) is 17.8 Å². The van der Waals surface area contributed by atoms with Crippen LogP contribution in [-0.4, -0.2) is 11.2 Å². The zero-order valence-electron chi connectivity index (χ0n) is 63.4. The monoisotopic (exact) mass is 1320 g/mol. The Bertz CT molecular complexity index is 2410. The van der Waals surface area contributed by atoms with Gasteiger partial charge in [-0.05, 0) is 107 Å². The molecule has 536 valence electrons. The van der Waals surface area contributed by atoms with Crippen LogP contribution >= 0.6 is 0 Å². The van der Waals surface area contributed by atoms with Gasteiger partial charge in [-0.2, -0.15) is 0 Å². The number of rotatable bonds is 60. The Morgan fingerprint density at radius 2 is 0.381 bits per heavy atom. The van der Waals surface area contributed by atoms with Gasteiger partial charge < -0.3 is 0 Å². The average Bonchev–Trinajstić information content (AvgIpc) is 0.809. The second kappa shape index (κ2) is 51.4. The molecular formula is C95H144O2. The number of benzene rings is 6. The molecule has 0 fully saturated rings. The molecule has 2 nitrogen and oxygen atoms in total. The summed E-state index contributed by atoms with van der Waals surface area (Å²) in [4.78, 5) is 16.2. The van der Waals surface area contributed by atoms with Crippen LogP contribution in [0.15, 0.2) is 182 Å². The van der Waals surface area contributed by atoms with E-state index < -0.39 is 11.2 Å². The number of unbranched alkanes of at least 4 members (excludes halogenated alkanes) is 30. The Balaban J connectivity index is 1.35. The third kappa shape index (κ3) is 36.9. The van der Waals surface area contributed by atoms with Crippen LogP contribution in [0, 0.1) is 17.8 Å². The van der Waals surface area contributed by atoms with E-state index in [0.717, 1.165) is 75.5 Å². The standard InChI is InChI=1S/C95H144O2/c1-82(2)58-40-28-22-16-10-7-13-19-25-31-49-73-91(88-67-52-37-53-68-88)79-95(80-92(89-69-54-38-55-70-89)74-50-32-26-20-14-8-11-17-23-29-41-59-83(3)4,81-93(90-71-56-39-57-72-90)75-51-33-27-21-15-9-12-18-24-30-42-60-84(5)6)97-96-94(76-85-61-43-34-44-62-85,77-86-63-45-35-46-64-86)78-87-65-47-36-48-66-87/h34-39,43-48,52-57,61-72,82-84,91-93H,7-33,40-42,49-51,58-60,73-81H2,1-6H3. The molecule has 0 amide bonds. The van der Waals surface area contributed by atoms with Gasteiger partial charge in [0.2, 0.25) is 0 Å². The fraction of sp³-hybridized carbons (Fsp3) is 0.621. The molecule has 0 N–H and O–H groups in total. The molecule has 0 aromatic heterocycles. The fourth-order valence-electron chi connectivity index (χ4n) is 16.0. The maximum absolute atomic E-state index is 8.24. The summed E-state index contributed by atoms with van der Waals surface area (Å²) in [5, 5.41) is 0. The van der Waals surface area contributed by atoms with Crippen LogP contribution in [0.2, 0.25) is 0 Å². The molecule has 0 heterocycles. The molecule has 3 atom stereocenters. The molecule has 0 aliphatic rings. The maximum atomic E-state index is 8.24. The highest BCUT2D eigenvalue weighted by atomic mass is 17.2. The zero-order valence-corrected chi connectivity index (χ0v) is 63.4. The van der Waals surface area contributed by atoms with Crippen LogP contribution in [0.5, 0.6) is 0 Å². The Morgan fingerprint density at radius 1 is 0.206 bits per heavy atom. The van der Waals surface area contributed by atoms with Gasteiger partial charge in [-0.15, -0.1) is 0 Å². The smallest absolute Gasteiger partial charge is 0.116 e. The maximum Gasteiger partial charge on any atom is 0.116 e. The summed E-state index contributed by atoms with van der Waals surface area (Å²) in [6.07, 6.45) is 57.5. The van der Waals surface area contributed by atoms with Gasteiger partial charge in [0.25, 0.3) is 0 Å². The van der Waals surface area contributed by atoms with Gasteiger partial charge >= 0.3 is 0 Å². The summed E-state index contributed by atoms with van der Waals surface area (Å²) in [5.41, 5.74) is 6.85. The van der Waals surface area contributed by atoms with Crippen molar-refractivity contribution >= 4 is 0 Å². The molecule has 6 aromatic carbocycles. The average molecular weight is 1320 g/mol. The van der Waals surface area contributed by atoms with Gasteiger partial charge in [0, 0.05) is 19.3 Å². The molecule has 3 unspecified atom stereocenters. The van der Waals surface area contributed by atoms with Crippen molar-refractivity contribution in [1.29, 1.82) is 0 Å². The largest absolute Gasteiger partial charge is 0.229 e. The van der Waals surface area contributed by atoms with Crippen molar-refractivity contribution in [3.63, 3.8) is 0 Å². The first-order chi connectivity index (χ1) is 47.6. The van der Waals surface area contributed by atoms with Gasteiger partial charge in [-0.1, -0.05) is 455 Å². The van der Waals surface area contributed by atoms with E-state index in [4.69, 9.17) is 9.78 Å². The SMILES string of the molecule is CC(C)CCCCCCCCCCCCCC(CC(CC(CCCCCCCCCCCCCC(C)C)c1ccccc1)(CC(CCCCCCCCCCCCCC(C)C)c1ccccc1)OOC(Cc1ccccc1)(Cc1ccccc1)Cc1ccccc1)c1ccccc1. The van der Waals surface area contributed by atoms with E-state index in [9.17, 15) is 0 Å². The van der Waals surface area contributed by atoms with Gasteiger partial charge in [0.05, 0.1) is 0 Å². The molecule has 0 radical (unpaired) electrons.